The molecule has 80 valence electrons. The molecule has 1 aromatic heterocycles. The molecule has 6 heteroatoms. The van der Waals surface area contributed by atoms with Crippen molar-refractivity contribution in [2.45, 2.75) is 19.9 Å². The van der Waals surface area contributed by atoms with Gasteiger partial charge >= 0.3 is 6.03 Å². The Hall–Kier alpha value is -1.43. The van der Waals surface area contributed by atoms with Crippen molar-refractivity contribution in [2.75, 3.05) is 6.54 Å². The maximum absolute atomic E-state index is 11.4. The lowest BCUT2D eigenvalue weighted by molar-refractivity contribution is 0.209. The molecule has 0 radical (unpaired) electrons. The summed E-state index contributed by atoms with van der Waals surface area (Å²) < 4.78 is 0. The fraction of sp³-hybridized carbons (Fsp3) is 0.444. The number of carbonyl (C=O) groups is 1. The number of rotatable bonds is 2. The van der Waals surface area contributed by atoms with Crippen molar-refractivity contribution in [1.82, 2.24) is 9.88 Å². The lowest BCUT2D eigenvalue weighted by atomic mass is 10.2. The minimum atomic E-state index is -0.273. The van der Waals surface area contributed by atoms with E-state index in [1.54, 1.807) is 16.2 Å². The fourth-order valence-corrected chi connectivity index (χ4v) is 2.27. The summed E-state index contributed by atoms with van der Waals surface area (Å²) in [6.45, 7) is 4.41. The van der Waals surface area contributed by atoms with Gasteiger partial charge in [0, 0.05) is 11.9 Å². The molecule has 1 aromatic rings. The van der Waals surface area contributed by atoms with Gasteiger partial charge in [-0.2, -0.15) is 4.99 Å². The Morgan fingerprint density at radius 1 is 1.67 bits per heavy atom. The van der Waals surface area contributed by atoms with E-state index in [4.69, 9.17) is 5.73 Å². The lowest BCUT2D eigenvalue weighted by Crippen LogP contribution is -2.33. The predicted octanol–water partition coefficient (Wildman–Crippen LogP) is 1.31. The van der Waals surface area contributed by atoms with Crippen LogP contribution in [-0.2, 0) is 0 Å². The second-order valence-corrected chi connectivity index (χ2v) is 4.36. The smallest absolute Gasteiger partial charge is 0.346 e. The highest BCUT2D eigenvalue weighted by Crippen LogP contribution is 2.27. The van der Waals surface area contributed by atoms with Crippen molar-refractivity contribution in [3.05, 3.63) is 16.1 Å². The van der Waals surface area contributed by atoms with Crippen molar-refractivity contribution in [3.8, 4) is 0 Å². The van der Waals surface area contributed by atoms with Crippen molar-refractivity contribution < 1.29 is 4.79 Å². The summed E-state index contributed by atoms with van der Waals surface area (Å²) in [5.41, 5.74) is 6.54. The summed E-state index contributed by atoms with van der Waals surface area (Å²) in [5, 5.41) is 2.89. The van der Waals surface area contributed by atoms with Crippen LogP contribution in [0.15, 0.2) is 10.4 Å². The van der Waals surface area contributed by atoms with Crippen LogP contribution in [0, 0.1) is 6.92 Å². The fourth-order valence-electron chi connectivity index (χ4n) is 1.64. The van der Waals surface area contributed by atoms with Crippen LogP contribution in [-0.4, -0.2) is 28.3 Å². The van der Waals surface area contributed by atoms with Gasteiger partial charge in [-0.05, 0) is 13.8 Å². The first-order valence-electron chi connectivity index (χ1n) is 4.70. The number of nitrogens with two attached hydrogens (primary N) is 1. The number of aliphatic imine (C=N–C) groups is 1. The second kappa shape index (κ2) is 3.62. The first-order chi connectivity index (χ1) is 7.13. The van der Waals surface area contributed by atoms with Crippen LogP contribution in [0.2, 0.25) is 0 Å². The predicted molar refractivity (Wildman–Crippen MR) is 59.0 cm³/mol. The van der Waals surface area contributed by atoms with E-state index in [1.807, 2.05) is 19.2 Å². The van der Waals surface area contributed by atoms with E-state index in [2.05, 4.69) is 9.98 Å². The zero-order valence-electron chi connectivity index (χ0n) is 8.60. The maximum atomic E-state index is 11.4. The molecule has 0 spiro atoms. The van der Waals surface area contributed by atoms with Crippen LogP contribution >= 0.6 is 11.3 Å². The van der Waals surface area contributed by atoms with Crippen LogP contribution in [0.5, 0.6) is 0 Å². The minimum absolute atomic E-state index is 0.271. The number of amidine groups is 1. The molecule has 0 aromatic carbocycles. The molecule has 2 rings (SSSR count). The maximum Gasteiger partial charge on any atom is 0.346 e. The molecule has 1 aliphatic rings. The van der Waals surface area contributed by atoms with E-state index >= 15 is 0 Å². The molecule has 2 heterocycles. The average molecular weight is 224 g/mol. The van der Waals surface area contributed by atoms with E-state index < -0.39 is 0 Å². The second-order valence-electron chi connectivity index (χ2n) is 3.30. The van der Waals surface area contributed by atoms with Crippen molar-refractivity contribution in [2.24, 2.45) is 10.7 Å². The third-order valence-corrected chi connectivity index (χ3v) is 3.11. The van der Waals surface area contributed by atoms with Crippen molar-refractivity contribution >= 4 is 23.2 Å². The van der Waals surface area contributed by atoms with Crippen LogP contribution in [0.1, 0.15) is 23.7 Å². The molecule has 1 aliphatic heterocycles. The summed E-state index contributed by atoms with van der Waals surface area (Å²) in [6.07, 6.45) is 0. The van der Waals surface area contributed by atoms with Crippen LogP contribution in [0.3, 0.4) is 0 Å². The number of thiazole rings is 1. The largest absolute Gasteiger partial charge is 0.385 e. The van der Waals surface area contributed by atoms with Gasteiger partial charge in [0.15, 0.2) is 0 Å². The molecular weight excluding hydrogens is 212 g/mol. The van der Waals surface area contributed by atoms with E-state index in [0.717, 1.165) is 10.7 Å². The standard InChI is InChI=1S/C9H12N4OS/c1-3-13-7(8(10)12-9(13)14)6-4-15-5(2)11-6/h4,7H,3H2,1-2H3,(H2,10,12,14). The number of likely N-dealkylation sites (N-methyl/N-ethyl adjacent to an activating group) is 1. The zero-order valence-corrected chi connectivity index (χ0v) is 9.41. The van der Waals surface area contributed by atoms with E-state index in [1.165, 1.54) is 0 Å². The average Bonchev–Trinajstić information content (AvgIpc) is 2.70. The Bertz CT molecular complexity index is 426. The Labute approximate surface area is 91.6 Å². The molecule has 0 saturated carbocycles. The summed E-state index contributed by atoms with van der Waals surface area (Å²) in [5.74, 6) is 0.340. The lowest BCUT2D eigenvalue weighted by Gasteiger charge is -2.20. The Balaban J connectivity index is 2.35. The van der Waals surface area contributed by atoms with E-state index in [9.17, 15) is 4.79 Å². The summed E-state index contributed by atoms with van der Waals surface area (Å²) in [6, 6.07) is -0.543. The summed E-state index contributed by atoms with van der Waals surface area (Å²) in [4.78, 5) is 21.1. The van der Waals surface area contributed by atoms with Gasteiger partial charge in [0.2, 0.25) is 0 Å². The quantitative estimate of drug-likeness (QED) is 0.823. The number of hydrogen-bond donors (Lipinski definition) is 1. The number of amides is 2. The summed E-state index contributed by atoms with van der Waals surface area (Å²) >= 11 is 1.55. The van der Waals surface area contributed by atoms with Gasteiger partial charge in [0.05, 0.1) is 10.7 Å². The van der Waals surface area contributed by atoms with Crippen LogP contribution in [0.4, 0.5) is 4.79 Å². The first-order valence-corrected chi connectivity index (χ1v) is 5.58. The first kappa shape index (κ1) is 10.1. The van der Waals surface area contributed by atoms with Gasteiger partial charge in [0.25, 0.3) is 0 Å². The molecule has 0 fully saturated rings. The molecule has 0 aliphatic carbocycles. The van der Waals surface area contributed by atoms with Crippen molar-refractivity contribution in [3.63, 3.8) is 0 Å². The molecule has 0 bridgehead atoms. The van der Waals surface area contributed by atoms with Gasteiger partial charge in [0.1, 0.15) is 11.9 Å². The number of aromatic nitrogens is 1. The number of hydrogen-bond acceptors (Lipinski definition) is 4. The minimum Gasteiger partial charge on any atom is -0.385 e. The molecule has 15 heavy (non-hydrogen) atoms. The molecule has 0 saturated heterocycles. The van der Waals surface area contributed by atoms with E-state index in [-0.39, 0.29) is 12.1 Å². The van der Waals surface area contributed by atoms with Gasteiger partial charge < -0.3 is 10.6 Å². The normalized spacial score (nSPS) is 20.9. The highest BCUT2D eigenvalue weighted by atomic mass is 32.1. The highest BCUT2D eigenvalue weighted by molar-refractivity contribution is 7.09. The Morgan fingerprint density at radius 3 is 2.93 bits per heavy atom. The number of carbonyl (C=O) groups excluding carboxylic acids is 1. The number of nitrogens with zero attached hydrogens (tertiary/aromatic N) is 3. The van der Waals surface area contributed by atoms with Crippen LogP contribution in [0.25, 0.3) is 0 Å². The van der Waals surface area contributed by atoms with E-state index in [0.29, 0.717) is 12.4 Å². The Morgan fingerprint density at radius 2 is 2.40 bits per heavy atom. The van der Waals surface area contributed by atoms with Gasteiger partial charge in [-0.15, -0.1) is 11.3 Å². The highest BCUT2D eigenvalue weighted by Gasteiger charge is 2.34. The number of urea groups is 1. The molecule has 2 N–H and O–H groups in total. The van der Waals surface area contributed by atoms with Crippen molar-refractivity contribution in [1.29, 1.82) is 0 Å². The molecule has 5 nitrogen and oxygen atoms in total. The topological polar surface area (TPSA) is 71.6 Å². The molecule has 1 unspecified atom stereocenters. The monoisotopic (exact) mass is 224 g/mol. The summed E-state index contributed by atoms with van der Waals surface area (Å²) in [7, 11) is 0. The van der Waals surface area contributed by atoms with Crippen LogP contribution < -0.4 is 5.73 Å². The molecular formula is C9H12N4OS. The molecule has 1 atom stereocenters. The SMILES string of the molecule is CCN1C(=O)N=C(N)C1c1csc(C)n1. The van der Waals surface area contributed by atoms with Gasteiger partial charge in [-0.25, -0.2) is 9.78 Å². The third kappa shape index (κ3) is 1.61. The molecule has 2 amide bonds. The van der Waals surface area contributed by atoms with Gasteiger partial charge in [-0.1, -0.05) is 0 Å². The Kier molecular flexibility index (Phi) is 2.44. The third-order valence-electron chi connectivity index (χ3n) is 2.32. The van der Waals surface area contributed by atoms with Gasteiger partial charge in [-0.3, -0.25) is 0 Å². The number of aryl methyl sites for hydroxylation is 1. The zero-order chi connectivity index (χ0) is 11.0.